The van der Waals surface area contributed by atoms with Gasteiger partial charge in [0.1, 0.15) is 11.6 Å². The molecule has 0 fully saturated rings. The Balaban J connectivity index is 1.69. The molecule has 3 aromatic rings. The largest absolute Gasteiger partial charge is 0.435 e. The Morgan fingerprint density at radius 2 is 1.91 bits per heavy atom. The molecule has 0 radical (unpaired) electrons. The van der Waals surface area contributed by atoms with Crippen LogP contribution in [0.5, 0.6) is 0 Å². The molecule has 1 aliphatic heterocycles. The number of hydrogen-bond acceptors (Lipinski definition) is 6. The maximum Gasteiger partial charge on any atom is 0.435 e. The second kappa shape index (κ2) is 7.97. The number of halogens is 4. The van der Waals surface area contributed by atoms with Crippen molar-refractivity contribution in [2.45, 2.75) is 45.8 Å². The van der Waals surface area contributed by atoms with Crippen LogP contribution in [-0.2, 0) is 30.7 Å². The Hall–Kier alpha value is -3.34. The first-order valence-electron chi connectivity index (χ1n) is 9.75. The molecule has 0 spiro atoms. The van der Waals surface area contributed by atoms with Crippen LogP contribution in [0.1, 0.15) is 46.7 Å². The van der Waals surface area contributed by atoms with Crippen molar-refractivity contribution in [1.82, 2.24) is 20.1 Å². The van der Waals surface area contributed by atoms with Gasteiger partial charge in [-0.3, -0.25) is 4.79 Å². The number of pyridine rings is 1. The summed E-state index contributed by atoms with van der Waals surface area (Å²) in [6.45, 7) is 3.84. The van der Waals surface area contributed by atoms with E-state index in [4.69, 9.17) is 10.5 Å². The Kier molecular flexibility index (Phi) is 5.45. The molecule has 168 valence electrons. The van der Waals surface area contributed by atoms with Crippen molar-refractivity contribution in [2.24, 2.45) is 0 Å². The number of anilines is 1. The molecule has 2 N–H and O–H groups in total. The molecule has 0 aliphatic carbocycles. The van der Waals surface area contributed by atoms with Crippen molar-refractivity contribution in [1.29, 1.82) is 0 Å². The number of nitrogens with two attached hydrogens (primary N) is 1. The van der Waals surface area contributed by atoms with Crippen LogP contribution < -0.4 is 5.73 Å². The molecule has 32 heavy (non-hydrogen) atoms. The first kappa shape index (κ1) is 21.9. The minimum absolute atomic E-state index is 0.139. The lowest BCUT2D eigenvalue weighted by atomic mass is 10.0. The van der Waals surface area contributed by atoms with Gasteiger partial charge in [-0.1, -0.05) is 0 Å². The molecule has 0 saturated carbocycles. The van der Waals surface area contributed by atoms with E-state index in [1.807, 2.05) is 0 Å². The minimum atomic E-state index is -4.62. The zero-order valence-corrected chi connectivity index (χ0v) is 17.2. The average Bonchev–Trinajstić information content (AvgIpc) is 3.21. The summed E-state index contributed by atoms with van der Waals surface area (Å²) in [6.07, 6.45) is -4.62. The smallest absolute Gasteiger partial charge is 0.383 e. The number of nitrogens with zero attached hydrogens (tertiary/aromatic N) is 4. The second-order valence-corrected chi connectivity index (χ2v) is 7.73. The fourth-order valence-electron chi connectivity index (χ4n) is 3.57. The van der Waals surface area contributed by atoms with E-state index in [0.717, 1.165) is 23.8 Å². The Labute approximate surface area is 180 Å². The van der Waals surface area contributed by atoms with Crippen molar-refractivity contribution in [3.05, 3.63) is 58.2 Å². The molecular weight excluding hydrogens is 430 g/mol. The van der Waals surface area contributed by atoms with Gasteiger partial charge >= 0.3 is 6.18 Å². The molecule has 7 nitrogen and oxygen atoms in total. The van der Waals surface area contributed by atoms with Gasteiger partial charge in [0.05, 0.1) is 36.5 Å². The summed E-state index contributed by atoms with van der Waals surface area (Å²) in [5.41, 5.74) is 6.53. The molecule has 1 amide bonds. The van der Waals surface area contributed by atoms with Gasteiger partial charge in [0, 0.05) is 23.1 Å². The Bertz CT molecular complexity index is 1200. The van der Waals surface area contributed by atoms with Gasteiger partial charge in [-0.25, -0.2) is 9.37 Å². The zero-order valence-electron chi connectivity index (χ0n) is 17.2. The van der Waals surface area contributed by atoms with Crippen LogP contribution in [0.2, 0.25) is 0 Å². The van der Waals surface area contributed by atoms with Crippen LogP contribution in [0.4, 0.5) is 23.4 Å². The van der Waals surface area contributed by atoms with E-state index in [2.05, 4.69) is 15.2 Å². The highest BCUT2D eigenvalue weighted by molar-refractivity contribution is 5.99. The van der Waals surface area contributed by atoms with Crippen LogP contribution in [0.3, 0.4) is 0 Å². The SMILES string of the molecule is CC(C)N(Cc1ccc(C(F)(F)F)nn1)C(=O)c1cc2c3c(c(N)nc2cc1F)COC3. The monoisotopic (exact) mass is 449 g/mol. The summed E-state index contributed by atoms with van der Waals surface area (Å²) in [5.74, 6) is -1.16. The average molecular weight is 449 g/mol. The van der Waals surface area contributed by atoms with Crippen LogP contribution in [0.25, 0.3) is 10.9 Å². The molecule has 1 aliphatic rings. The lowest BCUT2D eigenvalue weighted by Gasteiger charge is -2.27. The van der Waals surface area contributed by atoms with Crippen LogP contribution in [0.15, 0.2) is 24.3 Å². The molecule has 0 atom stereocenters. The number of amides is 1. The van der Waals surface area contributed by atoms with Gasteiger partial charge in [-0.15, -0.1) is 5.10 Å². The number of carbonyl (C=O) groups is 1. The van der Waals surface area contributed by atoms with Crippen molar-refractivity contribution in [3.63, 3.8) is 0 Å². The Morgan fingerprint density at radius 3 is 2.53 bits per heavy atom. The van der Waals surface area contributed by atoms with Gasteiger partial charge in [0.2, 0.25) is 0 Å². The number of nitrogen functional groups attached to an aromatic ring is 1. The minimum Gasteiger partial charge on any atom is -0.383 e. The lowest BCUT2D eigenvalue weighted by molar-refractivity contribution is -0.141. The van der Waals surface area contributed by atoms with Crippen LogP contribution in [-0.4, -0.2) is 32.0 Å². The molecule has 1 aromatic carbocycles. The summed E-state index contributed by atoms with van der Waals surface area (Å²) >= 11 is 0. The number of ether oxygens (including phenoxy) is 1. The van der Waals surface area contributed by atoms with Crippen LogP contribution >= 0.6 is 0 Å². The number of carbonyl (C=O) groups excluding carboxylic acids is 1. The summed E-state index contributed by atoms with van der Waals surface area (Å²) in [7, 11) is 0. The van der Waals surface area contributed by atoms with E-state index in [1.165, 1.54) is 11.0 Å². The topological polar surface area (TPSA) is 94.2 Å². The van der Waals surface area contributed by atoms with E-state index in [0.29, 0.717) is 16.5 Å². The second-order valence-electron chi connectivity index (χ2n) is 7.73. The normalized spacial score (nSPS) is 13.6. The summed E-state index contributed by atoms with van der Waals surface area (Å²) < 4.78 is 58.5. The summed E-state index contributed by atoms with van der Waals surface area (Å²) in [6, 6.07) is 4.11. The van der Waals surface area contributed by atoms with Crippen molar-refractivity contribution in [3.8, 4) is 0 Å². The molecule has 11 heteroatoms. The first-order valence-corrected chi connectivity index (χ1v) is 9.75. The fraction of sp³-hybridized carbons (Fsp3) is 0.333. The van der Waals surface area contributed by atoms with E-state index in [1.54, 1.807) is 13.8 Å². The highest BCUT2D eigenvalue weighted by Crippen LogP contribution is 2.33. The number of aromatic nitrogens is 3. The number of alkyl halides is 3. The highest BCUT2D eigenvalue weighted by Gasteiger charge is 2.33. The predicted molar refractivity (Wildman–Crippen MR) is 107 cm³/mol. The first-order chi connectivity index (χ1) is 15.1. The van der Waals surface area contributed by atoms with E-state index >= 15 is 0 Å². The third kappa shape index (κ3) is 3.95. The molecule has 0 unspecified atom stereocenters. The number of fused-ring (bicyclic) bond motifs is 3. The number of benzene rings is 1. The van der Waals surface area contributed by atoms with Crippen molar-refractivity contribution in [2.75, 3.05) is 5.73 Å². The standard InChI is InChI=1S/C21H19F4N5O2/c1-10(2)30(7-11-3-4-18(29-28-11)21(23,24)25)20(31)13-5-12-14-8-32-9-15(14)19(26)27-17(12)6-16(13)22/h3-6,10H,7-9H2,1-2H3,(H2,26,27). The fourth-order valence-corrected chi connectivity index (χ4v) is 3.57. The van der Waals surface area contributed by atoms with Gasteiger partial charge in [-0.2, -0.15) is 18.3 Å². The molecule has 2 aromatic heterocycles. The molecule has 4 rings (SSSR count). The van der Waals surface area contributed by atoms with Gasteiger partial charge < -0.3 is 15.4 Å². The Morgan fingerprint density at radius 1 is 1.19 bits per heavy atom. The van der Waals surface area contributed by atoms with E-state index in [-0.39, 0.29) is 42.9 Å². The third-order valence-corrected chi connectivity index (χ3v) is 5.27. The quantitative estimate of drug-likeness (QED) is 0.609. The number of hydrogen-bond donors (Lipinski definition) is 1. The van der Waals surface area contributed by atoms with Gasteiger partial charge in [-0.05, 0) is 37.6 Å². The zero-order chi connectivity index (χ0) is 23.2. The summed E-state index contributed by atoms with van der Waals surface area (Å²) in [4.78, 5) is 18.7. The lowest BCUT2D eigenvalue weighted by Crippen LogP contribution is -2.37. The third-order valence-electron chi connectivity index (χ3n) is 5.27. The molecule has 0 bridgehead atoms. The molecule has 3 heterocycles. The maximum atomic E-state index is 14.9. The molecule has 0 saturated heterocycles. The summed E-state index contributed by atoms with van der Waals surface area (Å²) in [5, 5.41) is 7.32. The molecular formula is C21H19F4N5O2. The van der Waals surface area contributed by atoms with Gasteiger partial charge in [0.15, 0.2) is 5.69 Å². The maximum absolute atomic E-state index is 14.9. The van der Waals surface area contributed by atoms with Crippen molar-refractivity contribution < 1.29 is 27.1 Å². The van der Waals surface area contributed by atoms with Gasteiger partial charge in [0.25, 0.3) is 5.91 Å². The van der Waals surface area contributed by atoms with Crippen LogP contribution in [0, 0.1) is 5.82 Å². The highest BCUT2D eigenvalue weighted by atomic mass is 19.4. The van der Waals surface area contributed by atoms with E-state index < -0.39 is 23.6 Å². The predicted octanol–water partition coefficient (Wildman–Crippen LogP) is 3.85. The van der Waals surface area contributed by atoms with Crippen molar-refractivity contribution >= 4 is 22.6 Å². The van der Waals surface area contributed by atoms with E-state index in [9.17, 15) is 22.4 Å². The number of rotatable bonds is 4.